The highest BCUT2D eigenvalue weighted by atomic mass is 79.9. The minimum Gasteiger partial charge on any atom is -0.480 e. The number of hydrogen-bond donors (Lipinski definition) is 1. The molecular formula is C23H21BrN4O3. The van der Waals surface area contributed by atoms with Gasteiger partial charge in [-0.05, 0) is 30.7 Å². The van der Waals surface area contributed by atoms with E-state index in [1.165, 1.54) is 4.68 Å². The minimum absolute atomic E-state index is 0.0336. The second-order valence-electron chi connectivity index (χ2n) is 7.43. The normalized spacial score (nSPS) is 12.7. The molecule has 0 saturated heterocycles. The zero-order valence-corrected chi connectivity index (χ0v) is 18.7. The molecule has 2 aromatic carbocycles. The topological polar surface area (TPSA) is 89.5 Å². The van der Waals surface area contributed by atoms with E-state index in [1.807, 2.05) is 50.2 Å². The van der Waals surface area contributed by atoms with Crippen LogP contribution in [0.25, 0.3) is 21.8 Å². The first-order valence-electron chi connectivity index (χ1n) is 9.95. The third-order valence-corrected chi connectivity index (χ3v) is 5.82. The average molecular weight is 481 g/mol. The Morgan fingerprint density at radius 2 is 2.03 bits per heavy atom. The van der Waals surface area contributed by atoms with Crippen molar-refractivity contribution in [1.82, 2.24) is 14.2 Å². The summed E-state index contributed by atoms with van der Waals surface area (Å²) in [5.74, 6) is -0.303. The van der Waals surface area contributed by atoms with Crippen LogP contribution in [0.5, 0.6) is 0 Å². The van der Waals surface area contributed by atoms with Gasteiger partial charge in [0.25, 0.3) is 5.56 Å². The summed E-state index contributed by atoms with van der Waals surface area (Å²) < 4.78 is 3.81. The highest BCUT2D eigenvalue weighted by molar-refractivity contribution is 9.10. The third-order valence-electron chi connectivity index (χ3n) is 5.32. The second-order valence-corrected chi connectivity index (χ2v) is 8.34. The molecule has 0 aliphatic heterocycles. The molecule has 8 heteroatoms. The van der Waals surface area contributed by atoms with Crippen LogP contribution in [0.2, 0.25) is 0 Å². The number of para-hydroxylation sites is 1. The van der Waals surface area contributed by atoms with E-state index in [0.717, 1.165) is 27.4 Å². The molecule has 1 atom stereocenters. The summed E-state index contributed by atoms with van der Waals surface area (Å²) in [5, 5.41) is 15.1. The molecule has 158 valence electrons. The third kappa shape index (κ3) is 4.03. The summed E-state index contributed by atoms with van der Waals surface area (Å²) in [6.45, 7) is 3.89. The van der Waals surface area contributed by atoms with Crippen molar-refractivity contribution < 1.29 is 9.90 Å². The molecule has 1 N–H and O–H groups in total. The molecule has 2 heterocycles. The van der Waals surface area contributed by atoms with E-state index in [1.54, 1.807) is 23.0 Å². The fraction of sp³-hybridized carbons (Fsp3) is 0.217. The largest absolute Gasteiger partial charge is 0.480 e. The van der Waals surface area contributed by atoms with E-state index in [2.05, 4.69) is 21.0 Å². The van der Waals surface area contributed by atoms with Crippen LogP contribution in [-0.4, -0.2) is 31.5 Å². The van der Waals surface area contributed by atoms with Crippen LogP contribution in [0, 0.1) is 0 Å². The quantitative estimate of drug-likeness (QED) is 0.408. The number of hydrogen-bond acceptors (Lipinski definition) is 4. The molecule has 0 aliphatic carbocycles. The lowest BCUT2D eigenvalue weighted by Gasteiger charge is -2.13. The molecule has 0 aliphatic rings. The Balaban J connectivity index is 1.89. The average Bonchev–Trinajstić information content (AvgIpc) is 3.09. The van der Waals surface area contributed by atoms with Crippen LogP contribution in [0.3, 0.4) is 0 Å². The predicted octanol–water partition coefficient (Wildman–Crippen LogP) is 4.59. The van der Waals surface area contributed by atoms with Gasteiger partial charge in [0.05, 0.1) is 17.1 Å². The summed E-state index contributed by atoms with van der Waals surface area (Å²) in [6.07, 6.45) is 4.14. The number of halogens is 1. The van der Waals surface area contributed by atoms with Gasteiger partial charge >= 0.3 is 5.97 Å². The van der Waals surface area contributed by atoms with Crippen molar-refractivity contribution in [2.75, 3.05) is 0 Å². The van der Waals surface area contributed by atoms with Crippen LogP contribution in [0.1, 0.15) is 37.6 Å². The van der Waals surface area contributed by atoms with Gasteiger partial charge in [-0.25, -0.2) is 4.98 Å². The zero-order valence-electron chi connectivity index (χ0n) is 17.1. The lowest BCUT2D eigenvalue weighted by molar-refractivity contribution is -0.137. The van der Waals surface area contributed by atoms with Crippen LogP contribution in [-0.2, 0) is 11.3 Å². The zero-order chi connectivity index (χ0) is 22.1. The number of benzene rings is 2. The number of carboxylic acid groups (broad SMARTS) is 1. The number of carboxylic acids is 1. The molecular weight excluding hydrogens is 460 g/mol. The van der Waals surface area contributed by atoms with Crippen molar-refractivity contribution in [2.45, 2.75) is 32.7 Å². The molecule has 4 aromatic rings. The molecule has 0 unspecified atom stereocenters. The van der Waals surface area contributed by atoms with Crippen molar-refractivity contribution in [3.05, 3.63) is 74.9 Å². The molecule has 0 spiro atoms. The van der Waals surface area contributed by atoms with Crippen molar-refractivity contribution >= 4 is 49.9 Å². The Morgan fingerprint density at radius 1 is 1.26 bits per heavy atom. The Hall–Kier alpha value is -3.26. The van der Waals surface area contributed by atoms with Gasteiger partial charge in [0.2, 0.25) is 0 Å². The highest BCUT2D eigenvalue weighted by Crippen LogP contribution is 2.22. The Kier molecular flexibility index (Phi) is 5.73. The van der Waals surface area contributed by atoms with Crippen molar-refractivity contribution in [2.24, 2.45) is 5.10 Å². The first-order chi connectivity index (χ1) is 14.9. The fourth-order valence-electron chi connectivity index (χ4n) is 3.55. The molecule has 0 bridgehead atoms. The summed E-state index contributed by atoms with van der Waals surface area (Å²) in [7, 11) is 0. The highest BCUT2D eigenvalue weighted by Gasteiger charge is 2.16. The van der Waals surface area contributed by atoms with Gasteiger partial charge in [-0.1, -0.05) is 48.0 Å². The molecule has 0 saturated carbocycles. The minimum atomic E-state index is -0.927. The van der Waals surface area contributed by atoms with Gasteiger partial charge < -0.3 is 9.67 Å². The lowest BCUT2D eigenvalue weighted by Crippen LogP contribution is -2.23. The van der Waals surface area contributed by atoms with E-state index >= 15 is 0 Å². The van der Waals surface area contributed by atoms with Crippen LogP contribution < -0.4 is 5.56 Å². The van der Waals surface area contributed by atoms with E-state index in [-0.39, 0.29) is 18.0 Å². The van der Waals surface area contributed by atoms with E-state index in [0.29, 0.717) is 16.7 Å². The van der Waals surface area contributed by atoms with Crippen molar-refractivity contribution in [3.63, 3.8) is 0 Å². The van der Waals surface area contributed by atoms with Gasteiger partial charge in [0.1, 0.15) is 12.4 Å². The molecule has 0 radical (unpaired) electrons. The van der Waals surface area contributed by atoms with Gasteiger partial charge in [0.15, 0.2) is 0 Å². The molecule has 31 heavy (non-hydrogen) atoms. The number of carbonyl (C=O) groups is 1. The molecule has 7 nitrogen and oxygen atoms in total. The Morgan fingerprint density at radius 3 is 2.77 bits per heavy atom. The van der Waals surface area contributed by atoms with Crippen LogP contribution in [0.15, 0.2) is 63.0 Å². The van der Waals surface area contributed by atoms with Crippen LogP contribution in [0.4, 0.5) is 0 Å². The lowest BCUT2D eigenvalue weighted by atomic mass is 10.1. The number of fused-ring (bicyclic) bond motifs is 2. The monoisotopic (exact) mass is 480 g/mol. The predicted molar refractivity (Wildman–Crippen MR) is 125 cm³/mol. The number of aliphatic carboxylic acids is 1. The molecule has 4 rings (SSSR count). The Labute approximate surface area is 186 Å². The molecule has 2 aromatic heterocycles. The van der Waals surface area contributed by atoms with Crippen molar-refractivity contribution in [3.8, 4) is 0 Å². The summed E-state index contributed by atoms with van der Waals surface area (Å²) in [6, 6.07) is 12.9. The maximum absolute atomic E-state index is 13.3. The van der Waals surface area contributed by atoms with E-state index < -0.39 is 5.97 Å². The molecule has 0 fully saturated rings. The van der Waals surface area contributed by atoms with Gasteiger partial charge in [-0.15, -0.1) is 0 Å². The standard InChI is InChI=1S/C23H21BrN4O3/c1-3-14(2)22-26-19-9-8-16(24)10-18(19)23(31)28(22)25-11-15-12-27(13-21(29)30)20-7-5-4-6-17(15)20/h4-12,14H,3,13H2,1-2H3,(H,29,30)/t14-/m0/s1. The van der Waals surface area contributed by atoms with Gasteiger partial charge in [0, 0.05) is 33.1 Å². The maximum atomic E-state index is 13.3. The molecule has 0 amide bonds. The second kappa shape index (κ2) is 8.47. The smallest absolute Gasteiger partial charge is 0.323 e. The number of nitrogens with zero attached hydrogens (tertiary/aromatic N) is 4. The maximum Gasteiger partial charge on any atom is 0.323 e. The fourth-order valence-corrected chi connectivity index (χ4v) is 3.91. The van der Waals surface area contributed by atoms with E-state index in [9.17, 15) is 14.7 Å². The van der Waals surface area contributed by atoms with Gasteiger partial charge in [-0.3, -0.25) is 9.59 Å². The first kappa shape index (κ1) is 21.0. The first-order valence-corrected chi connectivity index (χ1v) is 10.7. The summed E-state index contributed by atoms with van der Waals surface area (Å²) in [5.41, 5.74) is 1.91. The van der Waals surface area contributed by atoms with E-state index in [4.69, 9.17) is 4.98 Å². The SMILES string of the molecule is CC[C@H](C)c1nc2ccc(Br)cc2c(=O)n1N=Cc1cn(CC(=O)O)c2ccccc12. The Bertz CT molecular complexity index is 1390. The number of rotatable bonds is 6. The van der Waals surface area contributed by atoms with Gasteiger partial charge in [-0.2, -0.15) is 9.78 Å². The summed E-state index contributed by atoms with van der Waals surface area (Å²) >= 11 is 3.41. The summed E-state index contributed by atoms with van der Waals surface area (Å²) in [4.78, 5) is 29.2. The number of aromatic nitrogens is 3. The van der Waals surface area contributed by atoms with Crippen LogP contribution >= 0.6 is 15.9 Å². The van der Waals surface area contributed by atoms with Crippen molar-refractivity contribution in [1.29, 1.82) is 0 Å².